The molecule has 5 atom stereocenters. The van der Waals surface area contributed by atoms with Crippen molar-refractivity contribution in [2.24, 2.45) is 5.92 Å². The van der Waals surface area contributed by atoms with Crippen LogP contribution < -0.4 is 20.3 Å². The van der Waals surface area contributed by atoms with Gasteiger partial charge < -0.3 is 30.5 Å². The van der Waals surface area contributed by atoms with Crippen LogP contribution in [0.1, 0.15) is 6.42 Å². The molecule has 4 N–H and O–H groups in total. The minimum Gasteiger partial charge on any atom is -0.406 e. The minimum atomic E-state index is -4.82. The van der Waals surface area contributed by atoms with Gasteiger partial charge in [-0.25, -0.2) is 0 Å². The molecule has 1 aromatic rings. The summed E-state index contributed by atoms with van der Waals surface area (Å²) in [5.41, 5.74) is 0.405. The van der Waals surface area contributed by atoms with Crippen LogP contribution in [0, 0.1) is 18.3 Å². The quantitative estimate of drug-likeness (QED) is 0.409. The molecule has 11 heteroatoms. The van der Waals surface area contributed by atoms with Crippen LogP contribution in [-0.4, -0.2) is 58.4 Å². The topological polar surface area (TPSA) is 94.1 Å². The Morgan fingerprint density at radius 3 is 2.62 bits per heavy atom. The largest absolute Gasteiger partial charge is 0.573 e. The van der Waals surface area contributed by atoms with Gasteiger partial charge >= 0.3 is 6.36 Å². The molecule has 3 rings (SSSR count). The first kappa shape index (κ1) is 21.2. The first-order valence-electron chi connectivity index (χ1n) is 8.65. The molecule has 1 aliphatic carbocycles. The number of benzene rings is 1. The van der Waals surface area contributed by atoms with Gasteiger partial charge in [-0.1, -0.05) is 5.92 Å². The molecule has 2 fully saturated rings. The Labute approximate surface area is 169 Å². The Kier molecular flexibility index (Phi) is 5.88. The van der Waals surface area contributed by atoms with Gasteiger partial charge in [0.05, 0.1) is 30.7 Å². The number of ether oxygens (including phenoxy) is 1. The summed E-state index contributed by atoms with van der Waals surface area (Å²) in [5.74, 6) is 0.693. The fraction of sp³-hybridized carbons (Fsp3) is 0.444. The fourth-order valence-electron chi connectivity index (χ4n) is 3.72. The minimum absolute atomic E-state index is 0.00722. The number of hydrogen-bond acceptors (Lipinski definition) is 5. The van der Waals surface area contributed by atoms with Gasteiger partial charge in [0.25, 0.3) is 0 Å². The SMILES string of the molecule is C#CCNC(=O)[C@H]1C[C@@H](O)[C@H](O)[C@H]2NC(=S)N(c3ccc(OC(F)(F)F)cc3)[C@@H]21. The van der Waals surface area contributed by atoms with E-state index in [0.29, 0.717) is 5.69 Å². The number of carbonyl (C=O) groups excluding carboxylic acids is 1. The standard InChI is InChI=1S/C18H18F3N3O4S/c1-2-7-22-16(27)11-8-12(25)15(26)13-14(11)24(17(29)23-13)9-3-5-10(6-4-9)28-18(19,20)21/h1,3-6,11-15,25-26H,7-8H2,(H,22,27)(H,23,29)/t11-,12+,13-,14+,15-/m0/s1. The van der Waals surface area contributed by atoms with Gasteiger partial charge in [0, 0.05) is 5.69 Å². The molecule has 0 radical (unpaired) electrons. The lowest BCUT2D eigenvalue weighted by atomic mass is 9.77. The number of thiocarbonyl (C=S) groups is 1. The molecule has 1 aromatic carbocycles. The summed E-state index contributed by atoms with van der Waals surface area (Å²) in [6.07, 6.45) is -2.02. The molecule has 29 heavy (non-hydrogen) atoms. The van der Waals surface area contributed by atoms with Gasteiger partial charge in [0.15, 0.2) is 5.11 Å². The average Bonchev–Trinajstić information content (AvgIpc) is 2.99. The first-order valence-corrected chi connectivity index (χ1v) is 9.06. The summed E-state index contributed by atoms with van der Waals surface area (Å²) < 4.78 is 41.0. The molecule has 0 aromatic heterocycles. The highest BCUT2D eigenvalue weighted by molar-refractivity contribution is 7.80. The molecule has 0 spiro atoms. The number of halogens is 3. The zero-order valence-electron chi connectivity index (χ0n) is 14.9. The van der Waals surface area contributed by atoms with Crippen molar-refractivity contribution in [3.8, 4) is 18.1 Å². The number of nitrogens with one attached hydrogen (secondary N) is 2. The van der Waals surface area contributed by atoms with Crippen LogP contribution in [0.4, 0.5) is 18.9 Å². The maximum absolute atomic E-state index is 12.6. The van der Waals surface area contributed by atoms with Crippen LogP contribution in [0.5, 0.6) is 5.75 Å². The number of anilines is 1. The predicted molar refractivity (Wildman–Crippen MR) is 101 cm³/mol. The van der Waals surface area contributed by atoms with Gasteiger partial charge in [0.1, 0.15) is 11.9 Å². The summed E-state index contributed by atoms with van der Waals surface area (Å²) in [6, 6.07) is 3.56. The lowest BCUT2D eigenvalue weighted by Crippen LogP contribution is -2.61. The Morgan fingerprint density at radius 1 is 1.38 bits per heavy atom. The number of aliphatic hydroxyl groups is 2. The van der Waals surface area contributed by atoms with E-state index >= 15 is 0 Å². The number of carbonyl (C=O) groups is 1. The molecule has 2 aliphatic rings. The van der Waals surface area contributed by atoms with E-state index in [9.17, 15) is 28.2 Å². The van der Waals surface area contributed by atoms with Gasteiger partial charge in [-0.3, -0.25) is 4.79 Å². The van der Waals surface area contributed by atoms with E-state index in [-0.39, 0.29) is 18.1 Å². The number of rotatable bonds is 4. The van der Waals surface area contributed by atoms with Crippen molar-refractivity contribution in [3.63, 3.8) is 0 Å². The molecule has 1 saturated carbocycles. The van der Waals surface area contributed by atoms with E-state index < -0.39 is 48.2 Å². The summed E-state index contributed by atoms with van der Waals surface area (Å²) in [5, 5.41) is 26.2. The van der Waals surface area contributed by atoms with Crippen molar-refractivity contribution >= 4 is 28.9 Å². The van der Waals surface area contributed by atoms with Crippen molar-refractivity contribution in [2.45, 2.75) is 37.1 Å². The molecule has 0 bridgehead atoms. The summed E-state index contributed by atoms with van der Waals surface area (Å²) in [7, 11) is 0. The smallest absolute Gasteiger partial charge is 0.406 e. The number of amides is 1. The van der Waals surface area contributed by atoms with Gasteiger partial charge in [-0.2, -0.15) is 0 Å². The normalized spacial score (nSPS) is 28.9. The third kappa shape index (κ3) is 4.39. The Morgan fingerprint density at radius 2 is 2.03 bits per heavy atom. The van der Waals surface area contributed by atoms with Gasteiger partial charge in [-0.15, -0.1) is 19.6 Å². The Hall–Kier alpha value is -2.55. The van der Waals surface area contributed by atoms with Crippen LogP contribution in [0.25, 0.3) is 0 Å². The number of hydrogen-bond donors (Lipinski definition) is 4. The van der Waals surface area contributed by atoms with Gasteiger partial charge in [0.2, 0.25) is 5.91 Å². The molecule has 1 aliphatic heterocycles. The number of alkyl halides is 3. The monoisotopic (exact) mass is 429 g/mol. The van der Waals surface area contributed by atoms with Crippen molar-refractivity contribution < 1.29 is 32.9 Å². The third-order valence-corrected chi connectivity index (χ3v) is 5.21. The van der Waals surface area contributed by atoms with Crippen LogP contribution in [0.2, 0.25) is 0 Å². The van der Waals surface area contributed by atoms with Crippen molar-refractivity contribution in [3.05, 3.63) is 24.3 Å². The van der Waals surface area contributed by atoms with Crippen molar-refractivity contribution in [1.82, 2.24) is 10.6 Å². The predicted octanol–water partition coefficient (Wildman–Crippen LogP) is 0.508. The highest BCUT2D eigenvalue weighted by Crippen LogP contribution is 2.37. The maximum atomic E-state index is 12.6. The van der Waals surface area contributed by atoms with Crippen LogP contribution in [0.3, 0.4) is 0 Å². The van der Waals surface area contributed by atoms with E-state index in [1.807, 2.05) is 0 Å². The fourth-order valence-corrected chi connectivity index (χ4v) is 4.08. The molecule has 0 unspecified atom stereocenters. The van der Waals surface area contributed by atoms with Crippen LogP contribution in [-0.2, 0) is 4.79 Å². The molecule has 156 valence electrons. The molecule has 1 heterocycles. The highest BCUT2D eigenvalue weighted by Gasteiger charge is 2.53. The van der Waals surface area contributed by atoms with E-state index in [4.69, 9.17) is 18.6 Å². The molecule has 1 amide bonds. The second-order valence-electron chi connectivity index (χ2n) is 6.70. The number of aliphatic hydroxyl groups excluding tert-OH is 2. The highest BCUT2D eigenvalue weighted by atomic mass is 32.1. The number of fused-ring (bicyclic) bond motifs is 1. The lowest BCUT2D eigenvalue weighted by Gasteiger charge is -2.41. The summed E-state index contributed by atoms with van der Waals surface area (Å²) in [4.78, 5) is 14.2. The van der Waals surface area contributed by atoms with Crippen molar-refractivity contribution in [1.29, 1.82) is 0 Å². The second kappa shape index (κ2) is 8.06. The lowest BCUT2D eigenvalue weighted by molar-refractivity contribution is -0.274. The van der Waals surface area contributed by atoms with Crippen molar-refractivity contribution in [2.75, 3.05) is 11.4 Å². The van der Waals surface area contributed by atoms with Gasteiger partial charge in [-0.05, 0) is 42.9 Å². The summed E-state index contributed by atoms with van der Waals surface area (Å²) in [6.45, 7) is -0.00722. The second-order valence-corrected chi connectivity index (χ2v) is 7.09. The molecule has 7 nitrogen and oxygen atoms in total. The molecular weight excluding hydrogens is 411 g/mol. The molecule has 1 saturated heterocycles. The van der Waals surface area contributed by atoms with Crippen LogP contribution in [0.15, 0.2) is 24.3 Å². The van der Waals surface area contributed by atoms with E-state index in [1.54, 1.807) is 4.90 Å². The van der Waals surface area contributed by atoms with E-state index in [0.717, 1.165) is 12.1 Å². The number of terminal acetylenes is 1. The summed E-state index contributed by atoms with van der Waals surface area (Å²) >= 11 is 5.32. The maximum Gasteiger partial charge on any atom is 0.573 e. The number of nitrogens with zero attached hydrogens (tertiary/aromatic N) is 1. The average molecular weight is 429 g/mol. The van der Waals surface area contributed by atoms with Crippen LogP contribution >= 0.6 is 12.2 Å². The Balaban J connectivity index is 1.90. The zero-order chi connectivity index (χ0) is 21.3. The van der Waals surface area contributed by atoms with E-state index in [2.05, 4.69) is 21.3 Å². The van der Waals surface area contributed by atoms with E-state index in [1.165, 1.54) is 12.1 Å². The Bertz CT molecular complexity index is 827. The third-order valence-electron chi connectivity index (χ3n) is 4.89. The molecular formula is C18H18F3N3O4S. The first-order chi connectivity index (χ1) is 13.6. The zero-order valence-corrected chi connectivity index (χ0v) is 15.7.